The summed E-state index contributed by atoms with van der Waals surface area (Å²) in [6.07, 6.45) is 4.65. The van der Waals surface area contributed by atoms with E-state index in [4.69, 9.17) is 9.47 Å². The number of rotatable bonds is 8. The van der Waals surface area contributed by atoms with Crippen LogP contribution in [0.4, 0.5) is 0 Å². The standard InChI is InChI=1S/C14H28N2O3/c1-16(9-14(17)10-19-6-5-18-2)13-7-11-3-4-12(8-13)15-11/h11-15,17H,3-10H2,1-2H3. The van der Waals surface area contributed by atoms with E-state index in [0.717, 1.165) is 0 Å². The van der Waals surface area contributed by atoms with Crippen molar-refractivity contribution < 1.29 is 14.6 Å². The van der Waals surface area contributed by atoms with E-state index in [-0.39, 0.29) is 0 Å². The number of nitrogens with one attached hydrogen (secondary N) is 1. The number of methoxy groups -OCH3 is 1. The molecule has 3 atom stereocenters. The molecule has 0 saturated carbocycles. The van der Waals surface area contributed by atoms with Gasteiger partial charge in [0.25, 0.3) is 0 Å². The third kappa shape index (κ3) is 4.68. The lowest BCUT2D eigenvalue weighted by Gasteiger charge is -2.36. The molecule has 0 radical (unpaired) electrons. The fourth-order valence-corrected chi connectivity index (χ4v) is 3.28. The SMILES string of the molecule is COCCOCC(O)CN(C)C1CC2CCC(C1)N2. The van der Waals surface area contributed by atoms with Gasteiger partial charge in [0.05, 0.1) is 25.9 Å². The Hall–Kier alpha value is -0.200. The number of likely N-dealkylation sites (N-methyl/N-ethyl adjacent to an activating group) is 1. The highest BCUT2D eigenvalue weighted by Crippen LogP contribution is 2.29. The number of nitrogens with zero attached hydrogens (tertiary/aromatic N) is 1. The minimum atomic E-state index is -0.408. The lowest BCUT2D eigenvalue weighted by atomic mass is 9.98. The fourth-order valence-electron chi connectivity index (χ4n) is 3.28. The van der Waals surface area contributed by atoms with Crippen LogP contribution in [0.2, 0.25) is 0 Å². The quantitative estimate of drug-likeness (QED) is 0.619. The van der Waals surface area contributed by atoms with Crippen molar-refractivity contribution in [2.45, 2.75) is 49.9 Å². The molecule has 0 aromatic carbocycles. The Morgan fingerprint density at radius 3 is 2.58 bits per heavy atom. The first kappa shape index (κ1) is 15.2. The third-order valence-corrected chi connectivity index (χ3v) is 4.31. The highest BCUT2D eigenvalue weighted by molar-refractivity contribution is 4.95. The maximum atomic E-state index is 9.97. The second-order valence-electron chi connectivity index (χ2n) is 5.92. The van der Waals surface area contributed by atoms with E-state index in [1.165, 1.54) is 25.7 Å². The average molecular weight is 272 g/mol. The Labute approximate surface area is 116 Å². The first-order chi connectivity index (χ1) is 9.19. The number of aliphatic hydroxyl groups excluding tert-OH is 1. The molecule has 112 valence electrons. The number of ether oxygens (including phenoxy) is 2. The summed E-state index contributed by atoms with van der Waals surface area (Å²) in [4.78, 5) is 2.30. The van der Waals surface area contributed by atoms with Gasteiger partial charge in [0.2, 0.25) is 0 Å². The molecule has 2 aliphatic rings. The summed E-state index contributed by atoms with van der Waals surface area (Å²) in [6.45, 7) is 2.22. The highest BCUT2D eigenvalue weighted by atomic mass is 16.5. The van der Waals surface area contributed by atoms with E-state index in [1.807, 2.05) is 0 Å². The molecule has 2 N–H and O–H groups in total. The predicted octanol–water partition coefficient (Wildman–Crippen LogP) is 0.225. The Bertz CT molecular complexity index is 253. The van der Waals surface area contributed by atoms with Gasteiger partial charge < -0.3 is 24.8 Å². The van der Waals surface area contributed by atoms with Crippen molar-refractivity contribution in [3.8, 4) is 0 Å². The van der Waals surface area contributed by atoms with Crippen molar-refractivity contribution in [2.75, 3.05) is 40.5 Å². The molecule has 3 unspecified atom stereocenters. The summed E-state index contributed by atoms with van der Waals surface area (Å²) in [6, 6.07) is 2.00. The summed E-state index contributed by atoms with van der Waals surface area (Å²) in [5, 5.41) is 13.6. The second kappa shape index (κ2) is 7.55. The Kier molecular flexibility index (Phi) is 6.04. The molecule has 2 rings (SSSR count). The Morgan fingerprint density at radius 2 is 1.95 bits per heavy atom. The number of hydrogen-bond donors (Lipinski definition) is 2. The smallest absolute Gasteiger partial charge is 0.0900 e. The van der Waals surface area contributed by atoms with Crippen molar-refractivity contribution in [3.05, 3.63) is 0 Å². The molecule has 0 aromatic heterocycles. The van der Waals surface area contributed by atoms with Crippen LogP contribution in [0.5, 0.6) is 0 Å². The van der Waals surface area contributed by atoms with Crippen LogP contribution in [0.15, 0.2) is 0 Å². The Morgan fingerprint density at radius 1 is 1.26 bits per heavy atom. The molecule has 2 heterocycles. The normalized spacial score (nSPS) is 31.9. The molecule has 5 nitrogen and oxygen atoms in total. The third-order valence-electron chi connectivity index (χ3n) is 4.31. The molecular weight excluding hydrogens is 244 g/mol. The van der Waals surface area contributed by atoms with Crippen LogP contribution in [-0.2, 0) is 9.47 Å². The van der Waals surface area contributed by atoms with E-state index in [0.29, 0.717) is 44.5 Å². The van der Waals surface area contributed by atoms with E-state index < -0.39 is 6.10 Å². The van der Waals surface area contributed by atoms with Gasteiger partial charge in [0, 0.05) is 31.8 Å². The van der Waals surface area contributed by atoms with Crippen molar-refractivity contribution in [3.63, 3.8) is 0 Å². The van der Waals surface area contributed by atoms with Crippen LogP contribution in [-0.4, -0.2) is 74.8 Å². The summed E-state index contributed by atoms with van der Waals surface area (Å²) in [5.41, 5.74) is 0. The van der Waals surface area contributed by atoms with Crippen molar-refractivity contribution in [2.24, 2.45) is 0 Å². The van der Waals surface area contributed by atoms with Crippen LogP contribution in [0.25, 0.3) is 0 Å². The highest BCUT2D eigenvalue weighted by Gasteiger charge is 2.35. The zero-order valence-corrected chi connectivity index (χ0v) is 12.2. The molecule has 0 spiro atoms. The molecule has 0 aliphatic carbocycles. The minimum absolute atomic E-state index is 0.394. The maximum Gasteiger partial charge on any atom is 0.0900 e. The maximum absolute atomic E-state index is 9.97. The minimum Gasteiger partial charge on any atom is -0.389 e. The summed E-state index contributed by atoms with van der Waals surface area (Å²) in [5.74, 6) is 0. The van der Waals surface area contributed by atoms with Crippen molar-refractivity contribution in [1.29, 1.82) is 0 Å². The molecule has 5 heteroatoms. The molecule has 2 aliphatic heterocycles. The lowest BCUT2D eigenvalue weighted by Crippen LogP contribution is -2.49. The van der Waals surface area contributed by atoms with Crippen LogP contribution < -0.4 is 5.32 Å². The number of aliphatic hydroxyl groups is 1. The molecule has 0 aromatic rings. The lowest BCUT2D eigenvalue weighted by molar-refractivity contribution is -0.00508. The predicted molar refractivity (Wildman–Crippen MR) is 74.3 cm³/mol. The molecule has 0 amide bonds. The van der Waals surface area contributed by atoms with Crippen molar-refractivity contribution in [1.82, 2.24) is 10.2 Å². The molecule has 19 heavy (non-hydrogen) atoms. The zero-order valence-electron chi connectivity index (χ0n) is 12.2. The Balaban J connectivity index is 1.64. The van der Waals surface area contributed by atoms with Crippen LogP contribution in [0, 0.1) is 0 Å². The van der Waals surface area contributed by atoms with Gasteiger partial charge in [-0.1, -0.05) is 0 Å². The first-order valence-electron chi connectivity index (χ1n) is 7.40. The van der Waals surface area contributed by atoms with Crippen molar-refractivity contribution >= 4 is 0 Å². The summed E-state index contributed by atoms with van der Waals surface area (Å²) >= 11 is 0. The number of fused-ring (bicyclic) bond motifs is 2. The van der Waals surface area contributed by atoms with E-state index in [9.17, 15) is 5.11 Å². The number of hydrogen-bond acceptors (Lipinski definition) is 5. The van der Waals surface area contributed by atoms with Gasteiger partial charge in [0.1, 0.15) is 0 Å². The monoisotopic (exact) mass is 272 g/mol. The second-order valence-corrected chi connectivity index (χ2v) is 5.92. The first-order valence-corrected chi connectivity index (χ1v) is 7.40. The van der Waals surface area contributed by atoms with Gasteiger partial charge >= 0.3 is 0 Å². The van der Waals surface area contributed by atoms with Gasteiger partial charge in [-0.05, 0) is 32.7 Å². The van der Waals surface area contributed by atoms with Gasteiger partial charge in [-0.15, -0.1) is 0 Å². The average Bonchev–Trinajstić information content (AvgIpc) is 2.73. The molecule has 2 bridgehead atoms. The summed E-state index contributed by atoms with van der Waals surface area (Å²) < 4.78 is 10.3. The largest absolute Gasteiger partial charge is 0.389 e. The molecule has 2 saturated heterocycles. The molecular formula is C14H28N2O3. The van der Waals surface area contributed by atoms with Crippen LogP contribution >= 0.6 is 0 Å². The number of piperidine rings is 1. The van der Waals surface area contributed by atoms with E-state index in [2.05, 4.69) is 17.3 Å². The van der Waals surface area contributed by atoms with Gasteiger partial charge in [-0.2, -0.15) is 0 Å². The zero-order chi connectivity index (χ0) is 13.7. The molecule has 2 fully saturated rings. The summed E-state index contributed by atoms with van der Waals surface area (Å²) in [7, 11) is 3.77. The van der Waals surface area contributed by atoms with E-state index in [1.54, 1.807) is 7.11 Å². The van der Waals surface area contributed by atoms with Crippen LogP contribution in [0.3, 0.4) is 0 Å². The van der Waals surface area contributed by atoms with Gasteiger partial charge in [-0.25, -0.2) is 0 Å². The van der Waals surface area contributed by atoms with Gasteiger partial charge in [0.15, 0.2) is 0 Å². The fraction of sp³-hybridized carbons (Fsp3) is 1.00. The van der Waals surface area contributed by atoms with E-state index >= 15 is 0 Å². The van der Waals surface area contributed by atoms with Gasteiger partial charge in [-0.3, -0.25) is 0 Å². The van der Waals surface area contributed by atoms with Crippen LogP contribution in [0.1, 0.15) is 25.7 Å². The topological polar surface area (TPSA) is 54.0 Å².